The fraction of sp³-hybridized carbons (Fsp3) is 0.125. The molecule has 0 bridgehead atoms. The van der Waals surface area contributed by atoms with Crippen LogP contribution in [0.25, 0.3) is 0 Å². The van der Waals surface area contributed by atoms with E-state index in [0.717, 1.165) is 5.82 Å². The first-order chi connectivity index (χ1) is 7.27. The maximum Gasteiger partial charge on any atom is 0.285 e. The fourth-order valence-electron chi connectivity index (χ4n) is 1.08. The standard InChI is InChI=1S/C8H8ClN5O/c9-7-5(3-13-14-8(7)15)12-4-6-10-1-2-11-6/h1-3H,4H2,(H,10,11)(H2,12,14,15). The molecule has 0 aliphatic rings. The van der Waals surface area contributed by atoms with Crippen molar-refractivity contribution in [1.29, 1.82) is 0 Å². The topological polar surface area (TPSA) is 86.5 Å². The molecule has 0 aliphatic carbocycles. The maximum atomic E-state index is 11.1. The van der Waals surface area contributed by atoms with Crippen molar-refractivity contribution in [2.75, 3.05) is 5.32 Å². The van der Waals surface area contributed by atoms with Crippen LogP contribution < -0.4 is 10.9 Å². The summed E-state index contributed by atoms with van der Waals surface area (Å²) in [6, 6.07) is 0. The van der Waals surface area contributed by atoms with Gasteiger partial charge < -0.3 is 10.3 Å². The number of aromatic nitrogens is 4. The van der Waals surface area contributed by atoms with Crippen LogP contribution >= 0.6 is 11.6 Å². The van der Waals surface area contributed by atoms with Gasteiger partial charge in [0.25, 0.3) is 5.56 Å². The summed E-state index contributed by atoms with van der Waals surface area (Å²) in [6.07, 6.45) is 4.82. The SMILES string of the molecule is O=c1[nH]ncc(NCc2ncc[nH]2)c1Cl. The predicted molar refractivity (Wildman–Crippen MR) is 55.8 cm³/mol. The van der Waals surface area contributed by atoms with Crippen LogP contribution in [0.4, 0.5) is 5.69 Å². The molecule has 0 saturated carbocycles. The van der Waals surface area contributed by atoms with Crippen molar-refractivity contribution in [1.82, 2.24) is 20.2 Å². The van der Waals surface area contributed by atoms with E-state index in [1.807, 2.05) is 0 Å². The van der Waals surface area contributed by atoms with E-state index in [4.69, 9.17) is 11.6 Å². The van der Waals surface area contributed by atoms with Gasteiger partial charge in [0.15, 0.2) is 0 Å². The molecule has 6 nitrogen and oxygen atoms in total. The highest BCUT2D eigenvalue weighted by atomic mass is 35.5. The van der Waals surface area contributed by atoms with Gasteiger partial charge >= 0.3 is 0 Å². The molecule has 78 valence electrons. The number of H-pyrrole nitrogens is 2. The maximum absolute atomic E-state index is 11.1. The second-order valence-electron chi connectivity index (χ2n) is 2.82. The molecule has 0 spiro atoms. The average molecular weight is 226 g/mol. The highest BCUT2D eigenvalue weighted by Crippen LogP contribution is 2.14. The summed E-state index contributed by atoms with van der Waals surface area (Å²) in [4.78, 5) is 18.0. The van der Waals surface area contributed by atoms with Crippen LogP contribution in [0.15, 0.2) is 23.4 Å². The highest BCUT2D eigenvalue weighted by Gasteiger charge is 2.04. The molecule has 0 amide bonds. The normalized spacial score (nSPS) is 10.2. The van der Waals surface area contributed by atoms with Crippen LogP contribution in [0, 0.1) is 0 Å². The number of rotatable bonds is 3. The van der Waals surface area contributed by atoms with Crippen molar-refractivity contribution >= 4 is 17.3 Å². The Morgan fingerprint density at radius 1 is 1.53 bits per heavy atom. The zero-order valence-corrected chi connectivity index (χ0v) is 8.38. The van der Waals surface area contributed by atoms with Gasteiger partial charge in [-0.25, -0.2) is 10.1 Å². The Labute approximate surface area is 89.7 Å². The molecule has 3 N–H and O–H groups in total. The van der Waals surface area contributed by atoms with Gasteiger partial charge in [-0.05, 0) is 0 Å². The highest BCUT2D eigenvalue weighted by molar-refractivity contribution is 6.32. The zero-order valence-electron chi connectivity index (χ0n) is 7.62. The van der Waals surface area contributed by atoms with Crippen LogP contribution in [-0.2, 0) is 6.54 Å². The first-order valence-electron chi connectivity index (χ1n) is 4.22. The molecule has 0 unspecified atom stereocenters. The van der Waals surface area contributed by atoms with Crippen molar-refractivity contribution in [2.24, 2.45) is 0 Å². The Morgan fingerprint density at radius 2 is 2.40 bits per heavy atom. The summed E-state index contributed by atoms with van der Waals surface area (Å²) in [5, 5.41) is 8.90. The van der Waals surface area contributed by atoms with Crippen LogP contribution in [0.5, 0.6) is 0 Å². The molecular weight excluding hydrogens is 218 g/mol. The lowest BCUT2D eigenvalue weighted by molar-refractivity contribution is 0.962. The number of nitrogens with one attached hydrogen (secondary N) is 3. The van der Waals surface area contributed by atoms with Gasteiger partial charge in [-0.15, -0.1) is 0 Å². The molecule has 15 heavy (non-hydrogen) atoms. The molecule has 7 heteroatoms. The van der Waals surface area contributed by atoms with Crippen molar-refractivity contribution in [3.8, 4) is 0 Å². The molecule has 0 fully saturated rings. The Bertz CT molecular complexity index is 492. The Morgan fingerprint density at radius 3 is 3.13 bits per heavy atom. The van der Waals surface area contributed by atoms with Gasteiger partial charge in [0.1, 0.15) is 10.8 Å². The third kappa shape index (κ3) is 2.16. The first-order valence-corrected chi connectivity index (χ1v) is 4.60. The van der Waals surface area contributed by atoms with E-state index >= 15 is 0 Å². The monoisotopic (exact) mass is 225 g/mol. The van der Waals surface area contributed by atoms with E-state index < -0.39 is 5.56 Å². The fourth-order valence-corrected chi connectivity index (χ4v) is 1.24. The van der Waals surface area contributed by atoms with E-state index in [2.05, 4.69) is 25.5 Å². The molecule has 2 aromatic heterocycles. The van der Waals surface area contributed by atoms with E-state index in [0.29, 0.717) is 12.2 Å². The number of aromatic amines is 2. The lowest BCUT2D eigenvalue weighted by atomic mass is 10.4. The zero-order chi connectivity index (χ0) is 10.7. The second kappa shape index (κ2) is 4.14. The van der Waals surface area contributed by atoms with Crippen molar-refractivity contribution in [3.63, 3.8) is 0 Å². The summed E-state index contributed by atoms with van der Waals surface area (Å²) in [7, 11) is 0. The molecule has 2 aromatic rings. The van der Waals surface area contributed by atoms with Gasteiger partial charge in [-0.2, -0.15) is 5.10 Å². The minimum Gasteiger partial charge on any atom is -0.375 e. The number of anilines is 1. The van der Waals surface area contributed by atoms with Gasteiger partial charge in [0.05, 0.1) is 18.4 Å². The van der Waals surface area contributed by atoms with Gasteiger partial charge in [0, 0.05) is 12.4 Å². The van der Waals surface area contributed by atoms with Crippen LogP contribution in [0.2, 0.25) is 5.02 Å². The van der Waals surface area contributed by atoms with E-state index in [-0.39, 0.29) is 5.02 Å². The molecule has 0 atom stereocenters. The number of hydrogen-bond acceptors (Lipinski definition) is 4. The smallest absolute Gasteiger partial charge is 0.285 e. The van der Waals surface area contributed by atoms with Crippen molar-refractivity contribution in [2.45, 2.75) is 6.54 Å². The predicted octanol–water partition coefficient (Wildman–Crippen LogP) is 0.758. The molecular formula is C8H8ClN5O. The number of imidazole rings is 1. The average Bonchev–Trinajstić information content (AvgIpc) is 2.73. The van der Waals surface area contributed by atoms with E-state index in [1.165, 1.54) is 6.20 Å². The van der Waals surface area contributed by atoms with Gasteiger partial charge in [-0.1, -0.05) is 11.6 Å². The Hall–Kier alpha value is -1.82. The molecule has 0 radical (unpaired) electrons. The molecule has 0 aliphatic heterocycles. The minimum absolute atomic E-state index is 0.0940. The van der Waals surface area contributed by atoms with Crippen molar-refractivity contribution < 1.29 is 0 Å². The summed E-state index contributed by atoms with van der Waals surface area (Å²) in [5.74, 6) is 0.756. The molecule has 2 rings (SSSR count). The summed E-state index contributed by atoms with van der Waals surface area (Å²) in [5.41, 5.74) is 0.0675. The first kappa shape index (κ1) is 9.72. The van der Waals surface area contributed by atoms with Crippen LogP contribution in [0.3, 0.4) is 0 Å². The van der Waals surface area contributed by atoms with Crippen LogP contribution in [0.1, 0.15) is 5.82 Å². The Kier molecular flexibility index (Phi) is 2.68. The summed E-state index contributed by atoms with van der Waals surface area (Å²) >= 11 is 5.76. The molecule has 0 aromatic carbocycles. The lowest BCUT2D eigenvalue weighted by Gasteiger charge is -2.04. The number of halogens is 1. The van der Waals surface area contributed by atoms with Gasteiger partial charge in [-0.3, -0.25) is 4.79 Å². The van der Waals surface area contributed by atoms with Crippen molar-refractivity contribution in [3.05, 3.63) is 39.8 Å². The third-order valence-corrected chi connectivity index (χ3v) is 2.17. The minimum atomic E-state index is -0.416. The largest absolute Gasteiger partial charge is 0.375 e. The van der Waals surface area contributed by atoms with Gasteiger partial charge in [0.2, 0.25) is 0 Å². The van der Waals surface area contributed by atoms with E-state index in [9.17, 15) is 4.79 Å². The second-order valence-corrected chi connectivity index (χ2v) is 3.19. The number of nitrogens with zero attached hydrogens (tertiary/aromatic N) is 2. The number of hydrogen-bond donors (Lipinski definition) is 3. The summed E-state index contributed by atoms with van der Waals surface area (Å²) in [6.45, 7) is 0.456. The lowest BCUT2D eigenvalue weighted by Crippen LogP contribution is -2.12. The summed E-state index contributed by atoms with van der Waals surface area (Å²) < 4.78 is 0. The third-order valence-electron chi connectivity index (χ3n) is 1.80. The molecule has 2 heterocycles. The van der Waals surface area contributed by atoms with Crippen LogP contribution in [-0.4, -0.2) is 20.2 Å². The Balaban J connectivity index is 2.12. The quantitative estimate of drug-likeness (QED) is 0.720. The molecule has 0 saturated heterocycles. The van der Waals surface area contributed by atoms with E-state index in [1.54, 1.807) is 12.4 Å².